The number of aromatic nitrogens is 1. The number of carbonyl (C=O) groups excluding carboxylic acids is 1. The maximum absolute atomic E-state index is 11.9. The van der Waals surface area contributed by atoms with Gasteiger partial charge in [0.25, 0.3) is 5.91 Å². The fourth-order valence-corrected chi connectivity index (χ4v) is 1.50. The highest BCUT2D eigenvalue weighted by Crippen LogP contribution is 2.09. The summed E-state index contributed by atoms with van der Waals surface area (Å²) in [6.45, 7) is 2.35. The van der Waals surface area contributed by atoms with E-state index in [9.17, 15) is 4.79 Å². The summed E-state index contributed by atoms with van der Waals surface area (Å²) in [5.74, 6) is 0.450. The molecule has 0 saturated carbocycles. The van der Waals surface area contributed by atoms with Crippen molar-refractivity contribution in [1.82, 2.24) is 10.3 Å². The fourth-order valence-electron chi connectivity index (χ4n) is 1.50. The Morgan fingerprint density at radius 1 is 1.37 bits per heavy atom. The monoisotopic (exact) mass is 267 g/mol. The average molecular weight is 267 g/mol. The third-order valence-electron chi connectivity index (χ3n) is 2.47. The fraction of sp³-hybridized carbons (Fsp3) is 0.538. The molecule has 19 heavy (non-hydrogen) atoms. The zero-order chi connectivity index (χ0) is 13.9. The molecule has 0 aliphatic heterocycles. The van der Waals surface area contributed by atoms with Crippen molar-refractivity contribution in [2.45, 2.75) is 6.42 Å². The molecule has 0 saturated heterocycles. The number of pyridine rings is 1. The highest BCUT2D eigenvalue weighted by atomic mass is 16.5. The molecule has 1 rings (SSSR count). The van der Waals surface area contributed by atoms with Gasteiger partial charge in [0, 0.05) is 33.5 Å². The Labute approximate surface area is 113 Å². The van der Waals surface area contributed by atoms with Crippen LogP contribution in [-0.4, -0.2) is 51.4 Å². The summed E-state index contributed by atoms with van der Waals surface area (Å²) in [5, 5.41) is 5.73. The van der Waals surface area contributed by atoms with Gasteiger partial charge >= 0.3 is 0 Å². The van der Waals surface area contributed by atoms with E-state index in [2.05, 4.69) is 15.6 Å². The summed E-state index contributed by atoms with van der Waals surface area (Å²) in [5.41, 5.74) is 0.547. The molecule has 1 amide bonds. The molecule has 0 spiro atoms. The predicted molar refractivity (Wildman–Crippen MR) is 73.4 cm³/mol. The molecule has 2 N–H and O–H groups in total. The SMILES string of the molecule is CNc1ncccc1C(=O)NCCCOCCOC. The van der Waals surface area contributed by atoms with E-state index in [0.717, 1.165) is 6.42 Å². The molecule has 0 unspecified atom stereocenters. The normalized spacial score (nSPS) is 10.2. The van der Waals surface area contributed by atoms with Gasteiger partial charge in [0.2, 0.25) is 0 Å². The molecule has 1 heterocycles. The van der Waals surface area contributed by atoms with Crippen LogP contribution in [0.1, 0.15) is 16.8 Å². The van der Waals surface area contributed by atoms with Crippen LogP contribution < -0.4 is 10.6 Å². The predicted octanol–water partition coefficient (Wildman–Crippen LogP) is 0.906. The lowest BCUT2D eigenvalue weighted by Crippen LogP contribution is -2.26. The van der Waals surface area contributed by atoms with Crippen LogP contribution in [0.3, 0.4) is 0 Å². The van der Waals surface area contributed by atoms with E-state index < -0.39 is 0 Å². The summed E-state index contributed by atoms with van der Waals surface area (Å²) in [6.07, 6.45) is 2.41. The van der Waals surface area contributed by atoms with Gasteiger partial charge < -0.3 is 20.1 Å². The number of rotatable bonds is 9. The number of amides is 1. The molecule has 0 fully saturated rings. The van der Waals surface area contributed by atoms with Crippen molar-refractivity contribution in [1.29, 1.82) is 0 Å². The maximum atomic E-state index is 11.9. The standard InChI is InChI=1S/C13H21N3O3/c1-14-12-11(5-3-6-15-12)13(17)16-7-4-8-19-10-9-18-2/h3,5-6H,4,7-10H2,1-2H3,(H,14,15)(H,16,17). The lowest BCUT2D eigenvalue weighted by Gasteiger charge is -2.08. The number of methoxy groups -OCH3 is 1. The number of anilines is 1. The molecule has 1 aromatic heterocycles. The minimum Gasteiger partial charge on any atom is -0.382 e. The van der Waals surface area contributed by atoms with Crippen LogP contribution in [-0.2, 0) is 9.47 Å². The molecule has 6 heteroatoms. The summed E-state index contributed by atoms with van der Waals surface area (Å²) < 4.78 is 10.2. The highest BCUT2D eigenvalue weighted by Gasteiger charge is 2.09. The first-order valence-electron chi connectivity index (χ1n) is 6.27. The van der Waals surface area contributed by atoms with Gasteiger partial charge in [-0.1, -0.05) is 0 Å². The van der Waals surface area contributed by atoms with Crippen LogP contribution in [0.5, 0.6) is 0 Å². The van der Waals surface area contributed by atoms with Crippen molar-refractivity contribution >= 4 is 11.7 Å². The van der Waals surface area contributed by atoms with Gasteiger partial charge in [-0.25, -0.2) is 4.98 Å². The Hall–Kier alpha value is -1.66. The number of hydrogen-bond acceptors (Lipinski definition) is 5. The first-order chi connectivity index (χ1) is 9.29. The number of carbonyl (C=O) groups is 1. The first kappa shape index (κ1) is 15.4. The Morgan fingerprint density at radius 2 is 2.21 bits per heavy atom. The molecule has 0 radical (unpaired) electrons. The summed E-state index contributed by atoms with van der Waals surface area (Å²) in [4.78, 5) is 16.0. The quantitative estimate of drug-likeness (QED) is 0.651. The molecular weight excluding hydrogens is 246 g/mol. The van der Waals surface area contributed by atoms with Crippen LogP contribution >= 0.6 is 0 Å². The van der Waals surface area contributed by atoms with Crippen LogP contribution in [0.4, 0.5) is 5.82 Å². The van der Waals surface area contributed by atoms with E-state index in [1.165, 1.54) is 0 Å². The lowest BCUT2D eigenvalue weighted by molar-refractivity contribution is 0.0688. The van der Waals surface area contributed by atoms with Gasteiger partial charge in [-0.15, -0.1) is 0 Å². The van der Waals surface area contributed by atoms with E-state index in [4.69, 9.17) is 9.47 Å². The second-order valence-corrected chi connectivity index (χ2v) is 3.86. The number of ether oxygens (including phenoxy) is 2. The van der Waals surface area contributed by atoms with Gasteiger partial charge in [0.05, 0.1) is 18.8 Å². The molecule has 0 aliphatic rings. The Balaban J connectivity index is 2.24. The van der Waals surface area contributed by atoms with Crippen molar-refractivity contribution < 1.29 is 14.3 Å². The Bertz CT molecular complexity index is 385. The first-order valence-corrected chi connectivity index (χ1v) is 6.27. The van der Waals surface area contributed by atoms with Crippen molar-refractivity contribution in [3.05, 3.63) is 23.9 Å². The Kier molecular flexibility index (Phi) is 7.53. The smallest absolute Gasteiger partial charge is 0.255 e. The third-order valence-corrected chi connectivity index (χ3v) is 2.47. The summed E-state index contributed by atoms with van der Waals surface area (Å²) >= 11 is 0. The van der Waals surface area contributed by atoms with Crippen molar-refractivity contribution in [2.24, 2.45) is 0 Å². The van der Waals surface area contributed by atoms with Crippen LogP contribution in [0.2, 0.25) is 0 Å². The van der Waals surface area contributed by atoms with E-state index in [1.54, 1.807) is 32.5 Å². The third kappa shape index (κ3) is 5.67. The van der Waals surface area contributed by atoms with Crippen molar-refractivity contribution in [3.63, 3.8) is 0 Å². The topological polar surface area (TPSA) is 72.5 Å². The number of nitrogens with zero attached hydrogens (tertiary/aromatic N) is 1. The minimum atomic E-state index is -0.130. The average Bonchev–Trinajstić information content (AvgIpc) is 2.46. The van der Waals surface area contributed by atoms with Gasteiger partial charge in [-0.2, -0.15) is 0 Å². The molecule has 0 aromatic carbocycles. The second kappa shape index (κ2) is 9.29. The minimum absolute atomic E-state index is 0.130. The van der Waals surface area contributed by atoms with E-state index in [-0.39, 0.29) is 5.91 Å². The van der Waals surface area contributed by atoms with E-state index in [0.29, 0.717) is 37.7 Å². The summed E-state index contributed by atoms with van der Waals surface area (Å²) in [6, 6.07) is 3.48. The zero-order valence-electron chi connectivity index (χ0n) is 11.4. The van der Waals surface area contributed by atoms with Crippen LogP contribution in [0, 0.1) is 0 Å². The highest BCUT2D eigenvalue weighted by molar-refractivity contribution is 5.98. The molecule has 6 nitrogen and oxygen atoms in total. The molecule has 0 bridgehead atoms. The van der Waals surface area contributed by atoms with Crippen molar-refractivity contribution in [3.8, 4) is 0 Å². The number of hydrogen-bond donors (Lipinski definition) is 2. The molecular formula is C13H21N3O3. The van der Waals surface area contributed by atoms with Crippen molar-refractivity contribution in [2.75, 3.05) is 45.8 Å². The van der Waals surface area contributed by atoms with Gasteiger partial charge in [0.1, 0.15) is 5.82 Å². The molecule has 0 atom stereocenters. The molecule has 1 aromatic rings. The van der Waals surface area contributed by atoms with Gasteiger partial charge in [-0.3, -0.25) is 4.79 Å². The second-order valence-electron chi connectivity index (χ2n) is 3.86. The maximum Gasteiger partial charge on any atom is 0.255 e. The summed E-state index contributed by atoms with van der Waals surface area (Å²) in [7, 11) is 3.37. The molecule has 106 valence electrons. The Morgan fingerprint density at radius 3 is 2.95 bits per heavy atom. The van der Waals surface area contributed by atoms with E-state index in [1.807, 2.05) is 0 Å². The van der Waals surface area contributed by atoms with E-state index >= 15 is 0 Å². The number of nitrogens with one attached hydrogen (secondary N) is 2. The lowest BCUT2D eigenvalue weighted by atomic mass is 10.2. The van der Waals surface area contributed by atoms with Crippen LogP contribution in [0.25, 0.3) is 0 Å². The van der Waals surface area contributed by atoms with Gasteiger partial charge in [-0.05, 0) is 18.6 Å². The zero-order valence-corrected chi connectivity index (χ0v) is 11.4. The molecule has 0 aliphatic carbocycles. The van der Waals surface area contributed by atoms with Gasteiger partial charge in [0.15, 0.2) is 0 Å². The van der Waals surface area contributed by atoms with Crippen LogP contribution in [0.15, 0.2) is 18.3 Å². The largest absolute Gasteiger partial charge is 0.382 e.